The number of aryl methyl sites for hydroxylation is 2. The summed E-state index contributed by atoms with van der Waals surface area (Å²) in [5.41, 5.74) is 3.01. The van der Waals surface area contributed by atoms with Crippen LogP contribution in [0.3, 0.4) is 0 Å². The first-order chi connectivity index (χ1) is 13.9. The summed E-state index contributed by atoms with van der Waals surface area (Å²) in [6.45, 7) is 6.86. The number of hydrogen-bond donors (Lipinski definition) is 2. The molecular weight excluding hydrogens is 368 g/mol. The smallest absolute Gasteiger partial charge is 0.265 e. The average molecular weight is 396 g/mol. The highest BCUT2D eigenvalue weighted by molar-refractivity contribution is 6.04. The highest BCUT2D eigenvalue weighted by Gasteiger charge is 2.20. The SMILES string of the molecule is Cc1cc(C)cc(O[C@H](C)C(=O)Nc2ccccc2C(=O)NC[C@@H]2CCCO2)c1. The van der Waals surface area contributed by atoms with E-state index in [-0.39, 0.29) is 17.9 Å². The Morgan fingerprint density at radius 2 is 1.90 bits per heavy atom. The van der Waals surface area contributed by atoms with Gasteiger partial charge in [0.2, 0.25) is 0 Å². The minimum absolute atomic E-state index is 0.0620. The van der Waals surface area contributed by atoms with Crippen molar-refractivity contribution in [3.05, 3.63) is 59.2 Å². The van der Waals surface area contributed by atoms with E-state index in [1.165, 1.54) is 0 Å². The maximum Gasteiger partial charge on any atom is 0.265 e. The van der Waals surface area contributed by atoms with E-state index in [0.717, 1.165) is 30.6 Å². The topological polar surface area (TPSA) is 76.7 Å². The van der Waals surface area contributed by atoms with Gasteiger partial charge in [-0.1, -0.05) is 18.2 Å². The normalized spacial score (nSPS) is 16.9. The second kappa shape index (κ2) is 9.56. The number of ether oxygens (including phenoxy) is 2. The van der Waals surface area contributed by atoms with Crippen LogP contribution >= 0.6 is 0 Å². The number of rotatable bonds is 7. The van der Waals surface area contributed by atoms with Crippen LogP contribution in [0.5, 0.6) is 5.75 Å². The average Bonchev–Trinajstić information content (AvgIpc) is 3.19. The minimum Gasteiger partial charge on any atom is -0.481 e. The highest BCUT2D eigenvalue weighted by Crippen LogP contribution is 2.20. The van der Waals surface area contributed by atoms with Crippen LogP contribution in [0.1, 0.15) is 41.3 Å². The summed E-state index contributed by atoms with van der Waals surface area (Å²) in [5.74, 6) is 0.0931. The van der Waals surface area contributed by atoms with Crippen molar-refractivity contribution >= 4 is 17.5 Å². The number of carbonyl (C=O) groups excluding carboxylic acids is 2. The van der Waals surface area contributed by atoms with E-state index >= 15 is 0 Å². The fourth-order valence-corrected chi connectivity index (χ4v) is 3.39. The maximum absolute atomic E-state index is 12.6. The predicted molar refractivity (Wildman–Crippen MR) is 112 cm³/mol. The Balaban J connectivity index is 1.62. The first-order valence-electron chi connectivity index (χ1n) is 9.97. The van der Waals surface area contributed by atoms with Crippen LogP contribution in [0.15, 0.2) is 42.5 Å². The first-order valence-corrected chi connectivity index (χ1v) is 9.97. The van der Waals surface area contributed by atoms with Crippen LogP contribution in [0.4, 0.5) is 5.69 Å². The molecule has 6 nitrogen and oxygen atoms in total. The van der Waals surface area contributed by atoms with Gasteiger partial charge in [-0.3, -0.25) is 9.59 Å². The standard InChI is InChI=1S/C23H28N2O4/c1-15-11-16(2)13-19(12-15)29-17(3)22(26)25-21-9-5-4-8-20(21)23(27)24-14-18-7-6-10-28-18/h4-5,8-9,11-13,17-18H,6-7,10,14H2,1-3H3,(H,24,27)(H,25,26)/t17-,18+/m1/s1. The number of anilines is 1. The Labute approximate surface area is 171 Å². The van der Waals surface area contributed by atoms with Gasteiger partial charge in [-0.15, -0.1) is 0 Å². The Bertz CT molecular complexity index is 855. The molecule has 0 unspecified atom stereocenters. The van der Waals surface area contributed by atoms with E-state index in [1.807, 2.05) is 32.0 Å². The fourth-order valence-electron chi connectivity index (χ4n) is 3.39. The number of para-hydroxylation sites is 1. The van der Waals surface area contributed by atoms with Gasteiger partial charge in [-0.2, -0.15) is 0 Å². The zero-order chi connectivity index (χ0) is 20.8. The molecule has 0 radical (unpaired) electrons. The van der Waals surface area contributed by atoms with Gasteiger partial charge in [-0.05, 0) is 69.0 Å². The molecule has 2 amide bonds. The molecule has 2 N–H and O–H groups in total. The summed E-state index contributed by atoms with van der Waals surface area (Å²) in [5, 5.41) is 5.70. The van der Waals surface area contributed by atoms with E-state index in [1.54, 1.807) is 31.2 Å². The van der Waals surface area contributed by atoms with E-state index in [0.29, 0.717) is 23.5 Å². The second-order valence-corrected chi connectivity index (χ2v) is 7.46. The van der Waals surface area contributed by atoms with Crippen molar-refractivity contribution in [2.24, 2.45) is 0 Å². The molecule has 0 aromatic heterocycles. The van der Waals surface area contributed by atoms with Crippen LogP contribution in [-0.2, 0) is 9.53 Å². The Hall–Kier alpha value is -2.86. The number of hydrogen-bond acceptors (Lipinski definition) is 4. The molecule has 3 rings (SSSR count). The van der Waals surface area contributed by atoms with Gasteiger partial charge in [0.25, 0.3) is 11.8 Å². The molecule has 1 aliphatic heterocycles. The van der Waals surface area contributed by atoms with Crippen LogP contribution < -0.4 is 15.4 Å². The maximum atomic E-state index is 12.6. The molecular formula is C23H28N2O4. The zero-order valence-electron chi connectivity index (χ0n) is 17.2. The summed E-state index contributed by atoms with van der Waals surface area (Å²) in [7, 11) is 0. The summed E-state index contributed by atoms with van der Waals surface area (Å²) in [6.07, 6.45) is 1.32. The van der Waals surface area contributed by atoms with Gasteiger partial charge in [-0.25, -0.2) is 0 Å². The highest BCUT2D eigenvalue weighted by atomic mass is 16.5. The van der Waals surface area contributed by atoms with Crippen molar-refractivity contribution in [1.82, 2.24) is 5.32 Å². The predicted octanol–water partition coefficient (Wildman–Crippen LogP) is 3.62. The van der Waals surface area contributed by atoms with E-state index < -0.39 is 6.10 Å². The van der Waals surface area contributed by atoms with Crippen LogP contribution in [0, 0.1) is 13.8 Å². The van der Waals surface area contributed by atoms with Gasteiger partial charge < -0.3 is 20.1 Å². The molecule has 154 valence electrons. The summed E-state index contributed by atoms with van der Waals surface area (Å²) < 4.78 is 11.3. The quantitative estimate of drug-likeness (QED) is 0.749. The number of amides is 2. The Kier molecular flexibility index (Phi) is 6.88. The van der Waals surface area contributed by atoms with Crippen LogP contribution in [-0.4, -0.2) is 37.2 Å². The van der Waals surface area contributed by atoms with Gasteiger partial charge in [0.15, 0.2) is 6.10 Å². The van der Waals surface area contributed by atoms with Gasteiger partial charge in [0.1, 0.15) is 5.75 Å². The monoisotopic (exact) mass is 396 g/mol. The number of nitrogens with one attached hydrogen (secondary N) is 2. The lowest BCUT2D eigenvalue weighted by Crippen LogP contribution is -2.34. The van der Waals surface area contributed by atoms with Gasteiger partial charge in [0.05, 0.1) is 17.4 Å². The summed E-state index contributed by atoms with van der Waals surface area (Å²) in [4.78, 5) is 25.2. The van der Waals surface area contributed by atoms with Gasteiger partial charge in [0, 0.05) is 13.2 Å². The van der Waals surface area contributed by atoms with E-state index in [4.69, 9.17) is 9.47 Å². The van der Waals surface area contributed by atoms with Crippen molar-refractivity contribution in [1.29, 1.82) is 0 Å². The van der Waals surface area contributed by atoms with Crippen molar-refractivity contribution in [3.63, 3.8) is 0 Å². The molecule has 6 heteroatoms. The minimum atomic E-state index is -0.709. The summed E-state index contributed by atoms with van der Waals surface area (Å²) in [6, 6.07) is 12.8. The van der Waals surface area contributed by atoms with Crippen LogP contribution in [0.25, 0.3) is 0 Å². The van der Waals surface area contributed by atoms with Crippen molar-refractivity contribution in [2.75, 3.05) is 18.5 Å². The molecule has 1 saturated heterocycles. The third-order valence-electron chi connectivity index (χ3n) is 4.82. The molecule has 0 saturated carbocycles. The molecule has 2 aromatic carbocycles. The molecule has 29 heavy (non-hydrogen) atoms. The molecule has 2 atom stereocenters. The first kappa shape index (κ1) is 20.9. The lowest BCUT2D eigenvalue weighted by Gasteiger charge is -2.17. The molecule has 0 bridgehead atoms. The van der Waals surface area contributed by atoms with Crippen molar-refractivity contribution < 1.29 is 19.1 Å². The fraction of sp³-hybridized carbons (Fsp3) is 0.391. The summed E-state index contributed by atoms with van der Waals surface area (Å²) >= 11 is 0. The second-order valence-electron chi connectivity index (χ2n) is 7.46. The molecule has 0 aliphatic carbocycles. The van der Waals surface area contributed by atoms with Crippen molar-refractivity contribution in [2.45, 2.75) is 45.8 Å². The largest absolute Gasteiger partial charge is 0.481 e. The molecule has 1 fully saturated rings. The molecule has 2 aromatic rings. The van der Waals surface area contributed by atoms with Gasteiger partial charge >= 0.3 is 0 Å². The third kappa shape index (κ3) is 5.81. The lowest BCUT2D eigenvalue weighted by atomic mass is 10.1. The van der Waals surface area contributed by atoms with E-state index in [2.05, 4.69) is 10.6 Å². The van der Waals surface area contributed by atoms with Crippen molar-refractivity contribution in [3.8, 4) is 5.75 Å². The van der Waals surface area contributed by atoms with Crippen LogP contribution in [0.2, 0.25) is 0 Å². The van der Waals surface area contributed by atoms with E-state index in [9.17, 15) is 9.59 Å². The Morgan fingerprint density at radius 3 is 2.59 bits per heavy atom. The Morgan fingerprint density at radius 1 is 1.17 bits per heavy atom. The number of benzene rings is 2. The molecule has 0 spiro atoms. The molecule has 1 heterocycles. The molecule has 1 aliphatic rings. The lowest BCUT2D eigenvalue weighted by molar-refractivity contribution is -0.122. The zero-order valence-corrected chi connectivity index (χ0v) is 17.2. The third-order valence-corrected chi connectivity index (χ3v) is 4.82. The number of carbonyl (C=O) groups is 2.